The second-order valence-electron chi connectivity index (χ2n) is 6.70. The Morgan fingerprint density at radius 1 is 1.07 bits per heavy atom. The van der Waals surface area contributed by atoms with Gasteiger partial charge in [0.25, 0.3) is 10.0 Å². The first-order valence-corrected chi connectivity index (χ1v) is 10.5. The first-order valence-electron chi connectivity index (χ1n) is 8.99. The van der Waals surface area contributed by atoms with Crippen LogP contribution in [0.25, 0.3) is 22.4 Å². The largest absolute Gasteiger partial charge is 0.338 e. The molecule has 2 N–H and O–H groups in total. The Labute approximate surface area is 163 Å². The molecule has 28 heavy (non-hydrogen) atoms. The number of H-pyrrole nitrogens is 1. The minimum Gasteiger partial charge on any atom is -0.338 e. The molecule has 144 valence electrons. The third kappa shape index (κ3) is 3.38. The van der Waals surface area contributed by atoms with E-state index in [1.807, 2.05) is 44.2 Å². The second-order valence-corrected chi connectivity index (χ2v) is 8.33. The van der Waals surface area contributed by atoms with Gasteiger partial charge in [0, 0.05) is 24.0 Å². The van der Waals surface area contributed by atoms with Gasteiger partial charge < -0.3 is 9.55 Å². The first kappa shape index (κ1) is 18.2. The Balaban J connectivity index is 1.58. The summed E-state index contributed by atoms with van der Waals surface area (Å²) in [7, 11) is -3.73. The van der Waals surface area contributed by atoms with Crippen molar-refractivity contribution >= 4 is 26.7 Å². The van der Waals surface area contributed by atoms with Gasteiger partial charge in [-0.25, -0.2) is 9.97 Å². The van der Waals surface area contributed by atoms with Crippen molar-refractivity contribution in [3.05, 3.63) is 60.0 Å². The number of hydrogen-bond acceptors (Lipinski definition) is 4. The van der Waals surface area contributed by atoms with Crippen LogP contribution in [0, 0.1) is 13.8 Å². The number of nitrogens with zero attached hydrogens (tertiary/aromatic N) is 3. The summed E-state index contributed by atoms with van der Waals surface area (Å²) in [5.74, 6) is 1.41. The van der Waals surface area contributed by atoms with Gasteiger partial charge in [0.2, 0.25) is 0 Å². The Bertz CT molecular complexity index is 1250. The van der Waals surface area contributed by atoms with Crippen molar-refractivity contribution in [2.45, 2.75) is 32.3 Å². The fourth-order valence-corrected chi connectivity index (χ4v) is 4.16. The van der Waals surface area contributed by atoms with Gasteiger partial charge in [-0.3, -0.25) is 4.72 Å². The molecule has 4 rings (SSSR count). The molecule has 0 bridgehead atoms. The van der Waals surface area contributed by atoms with Crippen LogP contribution in [0.4, 0.5) is 5.69 Å². The molecule has 0 spiro atoms. The molecule has 0 unspecified atom stereocenters. The molecule has 2 aromatic carbocycles. The van der Waals surface area contributed by atoms with E-state index < -0.39 is 10.0 Å². The summed E-state index contributed by atoms with van der Waals surface area (Å²) in [5.41, 5.74) is 4.38. The lowest BCUT2D eigenvalue weighted by Crippen LogP contribution is -2.13. The number of anilines is 1. The fraction of sp³-hybridized carbons (Fsp3) is 0.200. The van der Waals surface area contributed by atoms with E-state index in [0.29, 0.717) is 18.1 Å². The molecule has 0 amide bonds. The molecule has 0 saturated heterocycles. The Morgan fingerprint density at radius 2 is 1.82 bits per heavy atom. The van der Waals surface area contributed by atoms with E-state index in [-0.39, 0.29) is 5.03 Å². The van der Waals surface area contributed by atoms with Gasteiger partial charge >= 0.3 is 0 Å². The molecule has 8 heteroatoms. The zero-order valence-corrected chi connectivity index (χ0v) is 16.7. The van der Waals surface area contributed by atoms with Crippen LogP contribution in [-0.2, 0) is 16.6 Å². The third-order valence-corrected chi connectivity index (χ3v) is 5.87. The number of benzene rings is 2. The van der Waals surface area contributed by atoms with E-state index >= 15 is 0 Å². The molecule has 0 aliphatic heterocycles. The standard InChI is InChI=1S/C20H21N5O2S/c1-4-25-12-19(21-14(25)3)28(26,27)24-16-8-6-15(7-9-16)20-22-17-10-5-13(2)11-18(17)23-20/h5-12,24H,4H2,1-3H3,(H,22,23). The number of aromatic nitrogens is 4. The Morgan fingerprint density at radius 3 is 2.50 bits per heavy atom. The van der Waals surface area contributed by atoms with Crippen molar-refractivity contribution in [2.75, 3.05) is 4.72 Å². The van der Waals surface area contributed by atoms with Gasteiger partial charge in [0.1, 0.15) is 11.6 Å². The van der Waals surface area contributed by atoms with Crippen molar-refractivity contribution in [1.82, 2.24) is 19.5 Å². The van der Waals surface area contributed by atoms with E-state index in [9.17, 15) is 8.42 Å². The zero-order valence-electron chi connectivity index (χ0n) is 15.9. The van der Waals surface area contributed by atoms with E-state index in [1.165, 1.54) is 0 Å². The predicted molar refractivity (Wildman–Crippen MR) is 110 cm³/mol. The summed E-state index contributed by atoms with van der Waals surface area (Å²) in [5, 5.41) is 0.0172. The maximum atomic E-state index is 12.6. The van der Waals surface area contributed by atoms with E-state index in [0.717, 1.165) is 28.0 Å². The molecule has 0 atom stereocenters. The highest BCUT2D eigenvalue weighted by Gasteiger charge is 2.19. The van der Waals surface area contributed by atoms with Gasteiger partial charge in [0.15, 0.2) is 5.03 Å². The maximum Gasteiger partial charge on any atom is 0.280 e. The normalized spacial score (nSPS) is 11.8. The summed E-state index contributed by atoms with van der Waals surface area (Å²) in [6.45, 7) is 6.43. The van der Waals surface area contributed by atoms with Crippen LogP contribution in [0.15, 0.2) is 53.7 Å². The highest BCUT2D eigenvalue weighted by molar-refractivity contribution is 7.92. The van der Waals surface area contributed by atoms with Crippen molar-refractivity contribution < 1.29 is 8.42 Å². The molecular formula is C20H21N5O2S. The summed E-state index contributed by atoms with van der Waals surface area (Å²) >= 11 is 0. The molecule has 0 fully saturated rings. The molecule has 0 radical (unpaired) electrons. The topological polar surface area (TPSA) is 92.7 Å². The van der Waals surface area contributed by atoms with Crippen LogP contribution < -0.4 is 4.72 Å². The highest BCUT2D eigenvalue weighted by Crippen LogP contribution is 2.24. The quantitative estimate of drug-likeness (QED) is 0.537. The molecule has 0 saturated carbocycles. The number of fused-ring (bicyclic) bond motifs is 1. The zero-order chi connectivity index (χ0) is 19.9. The highest BCUT2D eigenvalue weighted by atomic mass is 32.2. The monoisotopic (exact) mass is 395 g/mol. The Kier molecular flexibility index (Phi) is 4.43. The van der Waals surface area contributed by atoms with Crippen molar-refractivity contribution in [1.29, 1.82) is 0 Å². The van der Waals surface area contributed by atoms with Crippen LogP contribution in [0.2, 0.25) is 0 Å². The summed E-state index contributed by atoms with van der Waals surface area (Å²) in [6.07, 6.45) is 1.54. The second kappa shape index (κ2) is 6.79. The molecule has 2 aromatic heterocycles. The summed E-state index contributed by atoms with van der Waals surface area (Å²) in [6, 6.07) is 13.1. The smallest absolute Gasteiger partial charge is 0.280 e. The van der Waals surface area contributed by atoms with Crippen LogP contribution in [0.3, 0.4) is 0 Å². The molecular weight excluding hydrogens is 374 g/mol. The van der Waals surface area contributed by atoms with Gasteiger partial charge in [-0.05, 0) is 62.7 Å². The van der Waals surface area contributed by atoms with Crippen LogP contribution >= 0.6 is 0 Å². The van der Waals surface area contributed by atoms with Crippen molar-refractivity contribution in [3.63, 3.8) is 0 Å². The predicted octanol–water partition coefficient (Wildman–Crippen LogP) is 3.86. The van der Waals surface area contributed by atoms with Gasteiger partial charge in [-0.15, -0.1) is 0 Å². The van der Waals surface area contributed by atoms with Crippen molar-refractivity contribution in [3.8, 4) is 11.4 Å². The first-order chi connectivity index (χ1) is 13.4. The van der Waals surface area contributed by atoms with Gasteiger partial charge in [-0.1, -0.05) is 6.07 Å². The van der Waals surface area contributed by atoms with Gasteiger partial charge in [-0.2, -0.15) is 8.42 Å². The SMILES string of the molecule is CCn1cc(S(=O)(=O)Nc2ccc(-c3nc4ccc(C)cc4[nH]3)cc2)nc1C. The average molecular weight is 395 g/mol. The van der Waals surface area contributed by atoms with Gasteiger partial charge in [0.05, 0.1) is 11.0 Å². The fourth-order valence-electron chi connectivity index (χ4n) is 3.09. The number of nitrogens with one attached hydrogen (secondary N) is 2. The number of sulfonamides is 1. The lowest BCUT2D eigenvalue weighted by atomic mass is 10.2. The van der Waals surface area contributed by atoms with E-state index in [2.05, 4.69) is 19.7 Å². The van der Waals surface area contributed by atoms with E-state index in [4.69, 9.17) is 0 Å². The minimum absolute atomic E-state index is 0.0172. The number of aromatic amines is 1. The minimum atomic E-state index is -3.73. The molecule has 0 aliphatic carbocycles. The van der Waals surface area contributed by atoms with E-state index in [1.54, 1.807) is 29.8 Å². The average Bonchev–Trinajstić information content (AvgIpc) is 3.25. The van der Waals surface area contributed by atoms with Crippen molar-refractivity contribution in [2.24, 2.45) is 0 Å². The molecule has 7 nitrogen and oxygen atoms in total. The lowest BCUT2D eigenvalue weighted by Gasteiger charge is -2.06. The third-order valence-electron chi connectivity index (χ3n) is 4.62. The number of imidazole rings is 2. The summed E-state index contributed by atoms with van der Waals surface area (Å²) in [4.78, 5) is 12.0. The maximum absolute atomic E-state index is 12.6. The molecule has 4 aromatic rings. The summed E-state index contributed by atoms with van der Waals surface area (Å²) < 4.78 is 29.5. The Hall–Kier alpha value is -3.13. The molecule has 2 heterocycles. The number of hydrogen-bond donors (Lipinski definition) is 2. The lowest BCUT2D eigenvalue weighted by molar-refractivity contribution is 0.598. The van der Waals surface area contributed by atoms with Crippen LogP contribution in [-0.4, -0.2) is 27.9 Å². The number of rotatable bonds is 5. The molecule has 0 aliphatic rings. The van der Waals surface area contributed by atoms with Crippen LogP contribution in [0.5, 0.6) is 0 Å². The van der Waals surface area contributed by atoms with Crippen LogP contribution in [0.1, 0.15) is 18.3 Å². The number of aryl methyl sites for hydroxylation is 3.